The average molecular weight is 414 g/mol. The van der Waals surface area contributed by atoms with Crippen LogP contribution < -0.4 is 5.43 Å². The van der Waals surface area contributed by atoms with Crippen LogP contribution in [0.3, 0.4) is 0 Å². The van der Waals surface area contributed by atoms with Gasteiger partial charge in [-0.1, -0.05) is 30.3 Å². The van der Waals surface area contributed by atoms with Crippen LogP contribution in [0.15, 0.2) is 53.6 Å². The van der Waals surface area contributed by atoms with E-state index in [0.717, 1.165) is 18.3 Å². The number of para-hydroxylation sites is 2. The summed E-state index contributed by atoms with van der Waals surface area (Å²) in [5.74, 6) is -2.22. The SMILES string of the molecule is O=C(Cn1c(C(F)(F)F)nc2ccccc21)NN=Cc1ccccc1C(F)(F)F. The van der Waals surface area contributed by atoms with Gasteiger partial charge < -0.3 is 4.57 Å². The lowest BCUT2D eigenvalue weighted by molar-refractivity contribution is -0.147. The summed E-state index contributed by atoms with van der Waals surface area (Å²) in [6, 6.07) is 10.3. The van der Waals surface area contributed by atoms with Crippen molar-refractivity contribution >= 4 is 23.2 Å². The van der Waals surface area contributed by atoms with Gasteiger partial charge in [-0.2, -0.15) is 31.4 Å². The van der Waals surface area contributed by atoms with Crippen LogP contribution in [0.4, 0.5) is 26.3 Å². The number of fused-ring (bicyclic) bond motifs is 1. The van der Waals surface area contributed by atoms with Gasteiger partial charge in [-0.3, -0.25) is 4.79 Å². The Bertz CT molecular complexity index is 1070. The first-order chi connectivity index (χ1) is 13.6. The minimum absolute atomic E-state index is 0.0511. The Hall–Kier alpha value is -3.37. The van der Waals surface area contributed by atoms with Crippen molar-refractivity contribution in [2.24, 2.45) is 5.10 Å². The lowest BCUT2D eigenvalue weighted by Crippen LogP contribution is -2.26. The highest BCUT2D eigenvalue weighted by atomic mass is 19.4. The Kier molecular flexibility index (Phi) is 5.31. The van der Waals surface area contributed by atoms with E-state index >= 15 is 0 Å². The molecule has 1 amide bonds. The van der Waals surface area contributed by atoms with E-state index in [9.17, 15) is 31.1 Å². The number of carbonyl (C=O) groups is 1. The van der Waals surface area contributed by atoms with Crippen LogP contribution >= 0.6 is 0 Å². The van der Waals surface area contributed by atoms with E-state index in [4.69, 9.17) is 0 Å². The Morgan fingerprint density at radius 1 is 1.00 bits per heavy atom. The molecule has 0 spiro atoms. The molecule has 29 heavy (non-hydrogen) atoms. The summed E-state index contributed by atoms with van der Waals surface area (Å²) in [5.41, 5.74) is 0.813. The summed E-state index contributed by atoms with van der Waals surface area (Å²) < 4.78 is 79.1. The maximum Gasteiger partial charge on any atom is 0.449 e. The summed E-state index contributed by atoms with van der Waals surface area (Å²) in [7, 11) is 0. The van der Waals surface area contributed by atoms with Gasteiger partial charge in [0.25, 0.3) is 5.91 Å². The molecule has 0 aliphatic heterocycles. The molecule has 152 valence electrons. The van der Waals surface area contributed by atoms with Gasteiger partial charge in [0, 0.05) is 5.56 Å². The van der Waals surface area contributed by atoms with Crippen LogP contribution in [0.1, 0.15) is 17.0 Å². The van der Waals surface area contributed by atoms with Crippen LogP contribution in [0.25, 0.3) is 11.0 Å². The van der Waals surface area contributed by atoms with Gasteiger partial charge in [0.2, 0.25) is 5.82 Å². The van der Waals surface area contributed by atoms with Crippen molar-refractivity contribution in [2.45, 2.75) is 18.9 Å². The first-order valence-corrected chi connectivity index (χ1v) is 8.08. The van der Waals surface area contributed by atoms with E-state index in [0.29, 0.717) is 4.57 Å². The van der Waals surface area contributed by atoms with Gasteiger partial charge in [-0.15, -0.1) is 0 Å². The summed E-state index contributed by atoms with van der Waals surface area (Å²) in [6.45, 7) is -0.770. The number of hydrogen-bond acceptors (Lipinski definition) is 3. The fourth-order valence-corrected chi connectivity index (χ4v) is 2.67. The largest absolute Gasteiger partial charge is 0.449 e. The molecular weight excluding hydrogens is 402 g/mol. The molecule has 5 nitrogen and oxygen atoms in total. The topological polar surface area (TPSA) is 59.3 Å². The lowest BCUT2D eigenvalue weighted by Gasteiger charge is -2.11. The summed E-state index contributed by atoms with van der Waals surface area (Å²) in [5, 5.41) is 3.43. The molecule has 0 aliphatic carbocycles. The zero-order chi connectivity index (χ0) is 21.2. The number of hydrogen-bond donors (Lipinski definition) is 1. The second-order valence-electron chi connectivity index (χ2n) is 5.89. The quantitative estimate of drug-likeness (QED) is 0.395. The molecule has 0 aliphatic rings. The molecule has 0 saturated heterocycles. The van der Waals surface area contributed by atoms with Crippen molar-refractivity contribution in [2.75, 3.05) is 0 Å². The molecule has 0 saturated carbocycles. The first kappa shape index (κ1) is 20.4. The highest BCUT2D eigenvalue weighted by Crippen LogP contribution is 2.32. The van der Waals surface area contributed by atoms with Gasteiger partial charge in [-0.25, -0.2) is 10.4 Å². The maximum absolute atomic E-state index is 13.2. The molecule has 1 N–H and O–H groups in total. The predicted molar refractivity (Wildman–Crippen MR) is 91.9 cm³/mol. The Labute approximate surface area is 159 Å². The number of amides is 1. The molecule has 0 fully saturated rings. The Morgan fingerprint density at radius 3 is 2.34 bits per heavy atom. The van der Waals surface area contributed by atoms with Gasteiger partial charge in [-0.05, 0) is 18.2 Å². The molecule has 0 radical (unpaired) electrons. The minimum atomic E-state index is -4.80. The van der Waals surface area contributed by atoms with E-state index in [1.165, 1.54) is 36.4 Å². The fourth-order valence-electron chi connectivity index (χ4n) is 2.67. The minimum Gasteiger partial charge on any atom is -0.311 e. The highest BCUT2D eigenvalue weighted by molar-refractivity contribution is 5.85. The number of benzene rings is 2. The summed E-state index contributed by atoms with van der Waals surface area (Å²) in [6.07, 6.45) is -8.64. The second-order valence-corrected chi connectivity index (χ2v) is 5.89. The molecule has 3 aromatic rings. The molecule has 0 bridgehead atoms. The molecule has 1 heterocycles. The van der Waals surface area contributed by atoms with Crippen molar-refractivity contribution in [3.8, 4) is 0 Å². The van der Waals surface area contributed by atoms with Crippen molar-refractivity contribution < 1.29 is 31.1 Å². The Morgan fingerprint density at radius 2 is 1.66 bits per heavy atom. The standard InChI is InChI=1S/C18H12F6N4O/c19-17(20,21)12-6-2-1-5-11(12)9-25-27-15(29)10-28-14-8-4-3-7-13(14)26-16(28)18(22,23)24/h1-9H,10H2,(H,27,29). The molecule has 11 heteroatoms. The van der Waals surface area contributed by atoms with Crippen LogP contribution in [0.5, 0.6) is 0 Å². The van der Waals surface area contributed by atoms with E-state index in [1.807, 2.05) is 5.43 Å². The average Bonchev–Trinajstić information content (AvgIpc) is 3.00. The third-order valence-corrected chi connectivity index (χ3v) is 3.87. The first-order valence-electron chi connectivity index (χ1n) is 8.08. The zero-order valence-corrected chi connectivity index (χ0v) is 14.4. The number of halogens is 6. The number of alkyl halides is 6. The number of nitrogens with one attached hydrogen (secondary N) is 1. The van der Waals surface area contributed by atoms with Crippen molar-refractivity contribution in [3.63, 3.8) is 0 Å². The number of rotatable bonds is 4. The van der Waals surface area contributed by atoms with E-state index < -0.39 is 36.2 Å². The number of aromatic nitrogens is 2. The Balaban J connectivity index is 1.80. The highest BCUT2D eigenvalue weighted by Gasteiger charge is 2.38. The number of hydrazone groups is 1. The third-order valence-electron chi connectivity index (χ3n) is 3.87. The smallest absolute Gasteiger partial charge is 0.311 e. The molecule has 0 unspecified atom stereocenters. The number of nitrogens with zero attached hydrogens (tertiary/aromatic N) is 3. The van der Waals surface area contributed by atoms with Crippen LogP contribution in [0.2, 0.25) is 0 Å². The monoisotopic (exact) mass is 414 g/mol. The molecule has 0 atom stereocenters. The van der Waals surface area contributed by atoms with E-state index in [1.54, 1.807) is 0 Å². The molecular formula is C18H12F6N4O. The maximum atomic E-state index is 13.2. The van der Waals surface area contributed by atoms with Crippen molar-refractivity contribution in [3.05, 3.63) is 65.5 Å². The molecule has 3 rings (SSSR count). The number of carbonyl (C=O) groups excluding carboxylic acids is 1. The van der Waals surface area contributed by atoms with Crippen LogP contribution in [-0.2, 0) is 23.7 Å². The second kappa shape index (κ2) is 7.57. The summed E-state index contributed by atoms with van der Waals surface area (Å²) >= 11 is 0. The zero-order valence-electron chi connectivity index (χ0n) is 14.4. The van der Waals surface area contributed by atoms with Gasteiger partial charge >= 0.3 is 12.4 Å². The predicted octanol–water partition coefficient (Wildman–Crippen LogP) is 4.22. The fraction of sp³-hybridized carbons (Fsp3) is 0.167. The number of imidazole rings is 1. The lowest BCUT2D eigenvalue weighted by atomic mass is 10.1. The van der Waals surface area contributed by atoms with E-state index in [2.05, 4.69) is 10.1 Å². The van der Waals surface area contributed by atoms with Crippen LogP contribution in [0, 0.1) is 0 Å². The van der Waals surface area contributed by atoms with Gasteiger partial charge in [0.15, 0.2) is 0 Å². The normalized spacial score (nSPS) is 12.6. The van der Waals surface area contributed by atoms with Gasteiger partial charge in [0.1, 0.15) is 6.54 Å². The third kappa shape index (κ3) is 4.55. The molecule has 2 aromatic carbocycles. The summed E-state index contributed by atoms with van der Waals surface area (Å²) in [4.78, 5) is 15.5. The van der Waals surface area contributed by atoms with Crippen molar-refractivity contribution in [1.82, 2.24) is 15.0 Å². The van der Waals surface area contributed by atoms with E-state index in [-0.39, 0.29) is 16.6 Å². The van der Waals surface area contributed by atoms with Gasteiger partial charge in [0.05, 0.1) is 22.8 Å². The van der Waals surface area contributed by atoms with Crippen molar-refractivity contribution in [1.29, 1.82) is 0 Å². The van der Waals surface area contributed by atoms with Crippen LogP contribution in [-0.4, -0.2) is 21.7 Å². The molecule has 1 aromatic heterocycles.